The number of nitrogens with one attached hydrogen (secondary N) is 1. The average molecular weight is 497 g/mol. The van der Waals surface area contributed by atoms with E-state index in [2.05, 4.69) is 10.3 Å². The molecule has 2 unspecified atom stereocenters. The van der Waals surface area contributed by atoms with Gasteiger partial charge in [0, 0.05) is 49.6 Å². The van der Waals surface area contributed by atoms with Crippen molar-refractivity contribution in [3.05, 3.63) is 48.4 Å². The monoisotopic (exact) mass is 496 g/mol. The maximum absolute atomic E-state index is 13.8. The third-order valence-electron chi connectivity index (χ3n) is 6.86. The second-order valence-corrected chi connectivity index (χ2v) is 10.6. The van der Waals surface area contributed by atoms with E-state index >= 15 is 0 Å². The molecule has 3 N–H and O–H groups in total. The van der Waals surface area contributed by atoms with Gasteiger partial charge in [0.15, 0.2) is 5.03 Å². The number of rotatable bonds is 5. The second-order valence-electron chi connectivity index (χ2n) is 9.09. The smallest absolute Gasteiger partial charge is 0.255 e. The molecule has 7 nitrogen and oxygen atoms in total. The molecule has 1 saturated heterocycles. The van der Waals surface area contributed by atoms with Crippen molar-refractivity contribution in [2.45, 2.75) is 43.1 Å². The van der Waals surface area contributed by atoms with Gasteiger partial charge < -0.3 is 10.2 Å². The van der Waals surface area contributed by atoms with Crippen molar-refractivity contribution in [3.8, 4) is 0 Å². The van der Waals surface area contributed by atoms with Crippen molar-refractivity contribution >= 4 is 27.3 Å². The van der Waals surface area contributed by atoms with Gasteiger partial charge in [0.1, 0.15) is 5.82 Å². The summed E-state index contributed by atoms with van der Waals surface area (Å²) < 4.78 is 64.1. The molecule has 1 amide bonds. The van der Waals surface area contributed by atoms with Crippen LogP contribution in [-0.4, -0.2) is 38.3 Å². The Bertz CT molecular complexity index is 1130. The van der Waals surface area contributed by atoms with Crippen molar-refractivity contribution in [2.24, 2.45) is 22.9 Å². The molecule has 1 aromatic heterocycles. The molecule has 0 spiro atoms. The van der Waals surface area contributed by atoms with E-state index < -0.39 is 21.9 Å². The minimum atomic E-state index is -4.05. The predicted molar refractivity (Wildman–Crippen MR) is 121 cm³/mol. The van der Waals surface area contributed by atoms with Gasteiger partial charge in [-0.1, -0.05) is 0 Å². The minimum absolute atomic E-state index is 0.0110. The minimum Gasteiger partial charge on any atom is -0.371 e. The molecule has 0 bridgehead atoms. The van der Waals surface area contributed by atoms with Crippen LogP contribution in [0.25, 0.3) is 0 Å². The van der Waals surface area contributed by atoms with Gasteiger partial charge in [0.05, 0.1) is 5.92 Å². The lowest BCUT2D eigenvalue weighted by molar-refractivity contribution is -0.123. The largest absolute Gasteiger partial charge is 0.371 e. The summed E-state index contributed by atoms with van der Waals surface area (Å²) in [7, 11) is -4.05. The van der Waals surface area contributed by atoms with E-state index in [4.69, 9.17) is 5.14 Å². The lowest BCUT2D eigenvalue weighted by Gasteiger charge is -2.44. The van der Waals surface area contributed by atoms with Crippen LogP contribution in [0, 0.1) is 23.6 Å². The molecule has 1 saturated carbocycles. The van der Waals surface area contributed by atoms with Gasteiger partial charge in [-0.2, -0.15) is 0 Å². The second kappa shape index (κ2) is 9.53. The molecule has 1 aliphatic carbocycles. The molecule has 0 radical (unpaired) electrons. The van der Waals surface area contributed by atoms with Crippen LogP contribution >= 0.6 is 0 Å². The number of pyridine rings is 1. The van der Waals surface area contributed by atoms with E-state index in [0.717, 1.165) is 5.69 Å². The normalized spacial score (nSPS) is 23.5. The van der Waals surface area contributed by atoms with E-state index in [-0.39, 0.29) is 47.1 Å². The van der Waals surface area contributed by atoms with E-state index in [1.165, 1.54) is 30.5 Å². The average Bonchev–Trinajstić information content (AvgIpc) is 2.79. The first-order valence-corrected chi connectivity index (χ1v) is 12.7. The number of nitrogens with zero attached hydrogens (tertiary/aromatic N) is 2. The van der Waals surface area contributed by atoms with E-state index in [0.29, 0.717) is 32.4 Å². The number of aromatic nitrogens is 1. The highest BCUT2D eigenvalue weighted by Gasteiger charge is 2.43. The molecule has 2 heterocycles. The first kappa shape index (κ1) is 24.5. The molecule has 34 heavy (non-hydrogen) atoms. The molecule has 2 aromatic rings. The Hall–Kier alpha value is -2.66. The molecule has 2 fully saturated rings. The zero-order chi connectivity index (χ0) is 24.5. The summed E-state index contributed by atoms with van der Waals surface area (Å²) in [4.78, 5) is 19.1. The Morgan fingerprint density at radius 3 is 2.44 bits per heavy atom. The third kappa shape index (κ3) is 5.69. The van der Waals surface area contributed by atoms with Crippen LogP contribution in [0.1, 0.15) is 32.1 Å². The molecule has 1 aliphatic heterocycles. The van der Waals surface area contributed by atoms with Gasteiger partial charge in [-0.15, -0.1) is 0 Å². The Morgan fingerprint density at radius 1 is 1.12 bits per heavy atom. The summed E-state index contributed by atoms with van der Waals surface area (Å²) in [6.45, 7) is 0.958. The Kier molecular flexibility index (Phi) is 6.86. The van der Waals surface area contributed by atoms with Crippen LogP contribution in [0.3, 0.4) is 0 Å². The number of alkyl halides is 2. The number of benzene rings is 1. The number of piperidine rings is 1. The lowest BCUT2D eigenvalue weighted by Crippen LogP contribution is -2.48. The summed E-state index contributed by atoms with van der Waals surface area (Å²) in [5.41, 5.74) is 1.00. The maximum Gasteiger partial charge on any atom is 0.255 e. The number of carbonyl (C=O) groups excluding carboxylic acids is 1. The molecule has 184 valence electrons. The zero-order valence-electron chi connectivity index (χ0n) is 18.5. The Labute approximate surface area is 196 Å². The predicted octanol–water partition coefficient (Wildman–Crippen LogP) is 3.77. The molecule has 11 heteroatoms. The summed E-state index contributed by atoms with van der Waals surface area (Å²) >= 11 is 0. The number of anilines is 2. The molecular formula is C23H27F3N4O3S. The molecule has 1 aromatic carbocycles. The summed E-state index contributed by atoms with van der Waals surface area (Å²) in [5, 5.41) is 7.53. The van der Waals surface area contributed by atoms with Gasteiger partial charge in [-0.05, 0) is 61.4 Å². The van der Waals surface area contributed by atoms with Crippen LogP contribution < -0.4 is 15.4 Å². The number of nitrogens with two attached hydrogens (primary N) is 1. The number of amides is 1. The van der Waals surface area contributed by atoms with Gasteiger partial charge in [0.25, 0.3) is 10.0 Å². The van der Waals surface area contributed by atoms with Crippen LogP contribution in [0.15, 0.2) is 47.6 Å². The number of sulfonamides is 1. The lowest BCUT2D eigenvalue weighted by atomic mass is 9.70. The van der Waals surface area contributed by atoms with Crippen molar-refractivity contribution < 1.29 is 26.4 Å². The van der Waals surface area contributed by atoms with Gasteiger partial charge in [0.2, 0.25) is 11.8 Å². The highest BCUT2D eigenvalue weighted by molar-refractivity contribution is 7.89. The number of halogens is 3. The zero-order valence-corrected chi connectivity index (χ0v) is 19.3. The van der Waals surface area contributed by atoms with Crippen LogP contribution in [0.5, 0.6) is 0 Å². The third-order valence-corrected chi connectivity index (χ3v) is 7.66. The Balaban J connectivity index is 1.56. The first-order chi connectivity index (χ1) is 16.0. The molecular weight excluding hydrogens is 469 g/mol. The van der Waals surface area contributed by atoms with E-state index in [1.807, 2.05) is 4.90 Å². The highest BCUT2D eigenvalue weighted by atomic mass is 32.2. The van der Waals surface area contributed by atoms with Crippen molar-refractivity contribution in [1.29, 1.82) is 0 Å². The summed E-state index contributed by atoms with van der Waals surface area (Å²) in [6.07, 6.45) is 2.19. The van der Waals surface area contributed by atoms with Crippen LogP contribution in [0.4, 0.5) is 24.5 Å². The number of carbonyl (C=O) groups is 1. The summed E-state index contributed by atoms with van der Waals surface area (Å²) in [6, 6.07) is 8.64. The number of primary sulfonamides is 1. The van der Waals surface area contributed by atoms with Crippen molar-refractivity contribution in [3.63, 3.8) is 0 Å². The van der Waals surface area contributed by atoms with Crippen molar-refractivity contribution in [2.75, 3.05) is 23.3 Å². The van der Waals surface area contributed by atoms with Gasteiger partial charge in [-0.25, -0.2) is 31.7 Å². The number of hydrogen-bond acceptors (Lipinski definition) is 5. The first-order valence-electron chi connectivity index (χ1n) is 11.2. The standard InChI is InChI=1S/C23H27F3N4O3S/c24-16-1-3-18(4-2-16)30-12-8-19(15-5-9-23(25,26)10-6-15)20(14-30)22(31)29-17-7-11-28-21(13-17)34(27,32)33/h1-4,7,11,13,15,19-20H,5-6,8-10,12,14H2,(H2,27,32,33)(H,28,29,31). The highest BCUT2D eigenvalue weighted by Crippen LogP contribution is 2.44. The summed E-state index contributed by atoms with van der Waals surface area (Å²) in [5.74, 6) is -4.00. The van der Waals surface area contributed by atoms with E-state index in [9.17, 15) is 26.4 Å². The quantitative estimate of drug-likeness (QED) is 0.656. The molecule has 4 rings (SSSR count). The van der Waals surface area contributed by atoms with Gasteiger partial charge >= 0.3 is 0 Å². The SMILES string of the molecule is NS(=O)(=O)c1cc(NC(=O)C2CN(c3ccc(F)cc3)CCC2C2CCC(F)(F)CC2)ccn1. The van der Waals surface area contributed by atoms with Crippen LogP contribution in [-0.2, 0) is 14.8 Å². The Morgan fingerprint density at radius 2 is 1.79 bits per heavy atom. The van der Waals surface area contributed by atoms with Crippen molar-refractivity contribution in [1.82, 2.24) is 4.98 Å². The fraction of sp³-hybridized carbons (Fsp3) is 0.478. The molecule has 2 aliphatic rings. The fourth-order valence-electron chi connectivity index (χ4n) is 5.07. The maximum atomic E-state index is 13.8. The van der Waals surface area contributed by atoms with Gasteiger partial charge in [-0.3, -0.25) is 4.79 Å². The fourth-order valence-corrected chi connectivity index (χ4v) is 5.57. The molecule has 2 atom stereocenters. The topological polar surface area (TPSA) is 105 Å². The van der Waals surface area contributed by atoms with E-state index in [1.54, 1.807) is 12.1 Å². The van der Waals surface area contributed by atoms with Crippen LogP contribution in [0.2, 0.25) is 0 Å². The number of hydrogen-bond donors (Lipinski definition) is 2.